The Morgan fingerprint density at radius 2 is 1.33 bits per heavy atom. The van der Waals surface area contributed by atoms with Crippen molar-refractivity contribution in [2.75, 3.05) is 0 Å². The third-order valence-electron chi connectivity index (χ3n) is 9.10. The number of rotatable bonds is 7. The molecule has 6 rings (SSSR count). The molecule has 0 saturated carbocycles. The first kappa shape index (κ1) is 29.2. The number of hydrogen-bond acceptors (Lipinski definition) is 0. The van der Waals surface area contributed by atoms with E-state index in [0.717, 1.165) is 12.8 Å². The molecule has 2 aliphatic rings. The third kappa shape index (κ3) is 5.70. The van der Waals surface area contributed by atoms with Gasteiger partial charge in [0.15, 0.2) is 0 Å². The minimum absolute atomic E-state index is 0.138. The zero-order valence-corrected chi connectivity index (χ0v) is 29.8. The summed E-state index contributed by atoms with van der Waals surface area (Å²) >= 11 is -2.89. The van der Waals surface area contributed by atoms with Crippen molar-refractivity contribution in [3.63, 3.8) is 0 Å². The van der Waals surface area contributed by atoms with Crippen molar-refractivity contribution < 1.29 is 21.0 Å². The zero-order valence-electron chi connectivity index (χ0n) is 26.2. The Kier molecular flexibility index (Phi) is 8.34. The van der Waals surface area contributed by atoms with E-state index in [4.69, 9.17) is 0 Å². The van der Waals surface area contributed by atoms with Crippen molar-refractivity contribution in [3.8, 4) is 11.1 Å². The molecule has 4 aromatic carbocycles. The van der Waals surface area contributed by atoms with Crippen molar-refractivity contribution in [2.45, 2.75) is 76.3 Å². The third-order valence-corrected chi connectivity index (χ3v) is 21.2. The fourth-order valence-corrected chi connectivity index (χ4v) is 19.9. The van der Waals surface area contributed by atoms with E-state index in [-0.39, 0.29) is 5.41 Å². The Hall–Kier alpha value is -2.90. The van der Waals surface area contributed by atoms with Gasteiger partial charge in [0.25, 0.3) is 0 Å². The number of hydrogen-bond donors (Lipinski definition) is 0. The van der Waals surface area contributed by atoms with Gasteiger partial charge in [0.1, 0.15) is 0 Å². The standard InChI is InChI=1S/C21H26.C15H13.C5H5.Hf/c1-5-6-7-17-8-10-18(11-9-17)16-19-12-14-20(15-13-19)21(2,3)4;1-10-3-5-14-12(7-10)9-13-8-11(2)4-6-15(13)14;1-2-4-5-3-1;/h8-15H,5-7H2,1-4H3;3-9H,1-2H3;1-3H,4H2;. The number of fused-ring (bicyclic) bond motifs is 3. The van der Waals surface area contributed by atoms with Crippen LogP contribution in [-0.2, 0) is 32.8 Å². The van der Waals surface area contributed by atoms with Crippen LogP contribution in [0.15, 0.2) is 106 Å². The molecule has 0 nitrogen and oxygen atoms in total. The normalized spacial score (nSPS) is 15.0. The molecule has 4 aromatic rings. The summed E-state index contributed by atoms with van der Waals surface area (Å²) in [5, 5.41) is 0. The van der Waals surface area contributed by atoms with Crippen molar-refractivity contribution in [2.24, 2.45) is 0 Å². The maximum absolute atomic E-state index is 2.89. The Bertz CT molecular complexity index is 1650. The number of unbranched alkanes of at least 4 members (excludes halogenated alkanes) is 1. The van der Waals surface area contributed by atoms with Gasteiger partial charge in [-0.25, -0.2) is 0 Å². The van der Waals surface area contributed by atoms with Crippen LogP contribution >= 0.6 is 0 Å². The molecule has 1 heteroatoms. The number of benzene rings is 4. The van der Waals surface area contributed by atoms with E-state index in [9.17, 15) is 0 Å². The van der Waals surface area contributed by atoms with Crippen LogP contribution in [0, 0.1) is 13.8 Å². The Morgan fingerprint density at radius 1 is 0.762 bits per heavy atom. The van der Waals surface area contributed by atoms with Crippen molar-refractivity contribution in [3.05, 3.63) is 151 Å². The van der Waals surface area contributed by atoms with Crippen LogP contribution in [0.1, 0.15) is 95.1 Å². The van der Waals surface area contributed by atoms with Crippen molar-refractivity contribution >= 4 is 3.26 Å². The fourth-order valence-electron chi connectivity index (χ4n) is 6.78. The average molecular weight is 715 g/mol. The Morgan fingerprint density at radius 3 is 1.83 bits per heavy atom. The maximum atomic E-state index is 2.51. The Labute approximate surface area is 261 Å². The van der Waals surface area contributed by atoms with Crippen LogP contribution in [-0.4, -0.2) is 3.26 Å². The minimum atomic E-state index is -2.89. The van der Waals surface area contributed by atoms with Gasteiger partial charge in [-0.15, -0.1) is 0 Å². The topological polar surface area (TPSA) is 0 Å². The summed E-state index contributed by atoms with van der Waals surface area (Å²) in [6, 6.07) is 33.8. The van der Waals surface area contributed by atoms with Gasteiger partial charge < -0.3 is 0 Å². The molecule has 0 fully saturated rings. The first-order chi connectivity index (χ1) is 20.2. The van der Waals surface area contributed by atoms with E-state index in [1.54, 1.807) is 17.7 Å². The summed E-state index contributed by atoms with van der Waals surface area (Å²) in [6.45, 7) is 13.8. The molecule has 0 spiro atoms. The first-order valence-electron chi connectivity index (χ1n) is 15.8. The van der Waals surface area contributed by atoms with Crippen LogP contribution in [0.5, 0.6) is 0 Å². The monoisotopic (exact) mass is 716 g/mol. The molecular formula is C41H44Hf. The van der Waals surface area contributed by atoms with E-state index >= 15 is 0 Å². The molecule has 0 N–H and O–H groups in total. The van der Waals surface area contributed by atoms with Gasteiger partial charge in [0, 0.05) is 0 Å². The SMILES string of the molecule is CCCCc1ccc(/[C](c2ccc(C(C)(C)C)cc2)=[Hf](/[C]2=CC=CC2)[CH]2c3cc(C)ccc3-c3ccc(C)cc32)cc1. The second-order valence-corrected chi connectivity index (χ2v) is 22.5. The summed E-state index contributed by atoms with van der Waals surface area (Å²) in [7, 11) is 0. The van der Waals surface area contributed by atoms with E-state index < -0.39 is 21.0 Å². The van der Waals surface area contributed by atoms with E-state index in [2.05, 4.69) is 145 Å². The summed E-state index contributed by atoms with van der Waals surface area (Å²) in [5.74, 6) is 0. The molecule has 0 unspecified atom stereocenters. The molecule has 212 valence electrons. The van der Waals surface area contributed by atoms with Crippen LogP contribution in [0.3, 0.4) is 0 Å². The van der Waals surface area contributed by atoms with Gasteiger partial charge in [-0.1, -0.05) is 0 Å². The van der Waals surface area contributed by atoms with Crippen LogP contribution in [0.2, 0.25) is 0 Å². The Balaban J connectivity index is 1.65. The zero-order chi connectivity index (χ0) is 29.4. The molecule has 0 radical (unpaired) electrons. The summed E-state index contributed by atoms with van der Waals surface area (Å²) < 4.78 is 3.85. The van der Waals surface area contributed by atoms with Gasteiger partial charge in [-0.2, -0.15) is 0 Å². The average Bonchev–Trinajstić information content (AvgIpc) is 3.61. The first-order valence-corrected chi connectivity index (χ1v) is 21.4. The van der Waals surface area contributed by atoms with Crippen LogP contribution < -0.4 is 0 Å². The molecule has 0 heterocycles. The van der Waals surface area contributed by atoms with Gasteiger partial charge >= 0.3 is 263 Å². The molecule has 0 aromatic heterocycles. The van der Waals surface area contributed by atoms with Gasteiger partial charge in [0.05, 0.1) is 0 Å². The van der Waals surface area contributed by atoms with Crippen molar-refractivity contribution in [1.29, 1.82) is 0 Å². The van der Waals surface area contributed by atoms with Crippen molar-refractivity contribution in [1.82, 2.24) is 0 Å². The van der Waals surface area contributed by atoms with Gasteiger partial charge in [0.2, 0.25) is 0 Å². The molecular weight excluding hydrogens is 671 g/mol. The molecule has 42 heavy (non-hydrogen) atoms. The van der Waals surface area contributed by atoms with E-state index in [0.29, 0.717) is 3.67 Å². The molecule has 0 bridgehead atoms. The van der Waals surface area contributed by atoms with E-state index in [1.165, 1.54) is 57.3 Å². The number of aryl methyl sites for hydroxylation is 3. The molecule has 0 amide bonds. The second kappa shape index (κ2) is 12.0. The predicted molar refractivity (Wildman–Crippen MR) is 178 cm³/mol. The second-order valence-electron chi connectivity index (χ2n) is 13.4. The molecule has 0 saturated heterocycles. The van der Waals surface area contributed by atoms with Gasteiger partial charge in [-0.3, -0.25) is 0 Å². The van der Waals surface area contributed by atoms with Crippen LogP contribution in [0.25, 0.3) is 11.1 Å². The predicted octanol–water partition coefficient (Wildman–Crippen LogP) is 10.7. The quantitative estimate of drug-likeness (QED) is 0.167. The van der Waals surface area contributed by atoms with E-state index in [1.807, 2.05) is 0 Å². The molecule has 0 aliphatic heterocycles. The summed E-state index contributed by atoms with van der Waals surface area (Å²) in [6.07, 6.45) is 11.9. The number of allylic oxidation sites excluding steroid dienone is 4. The molecule has 0 atom stereocenters. The fraction of sp³-hybridized carbons (Fsp3) is 0.293. The van der Waals surface area contributed by atoms with Gasteiger partial charge in [-0.05, 0) is 0 Å². The van der Waals surface area contributed by atoms with Crippen LogP contribution in [0.4, 0.5) is 0 Å². The summed E-state index contributed by atoms with van der Waals surface area (Å²) in [5.41, 5.74) is 14.6. The molecule has 2 aliphatic carbocycles. The summed E-state index contributed by atoms with van der Waals surface area (Å²) in [4.78, 5) is 0.